The van der Waals surface area contributed by atoms with Crippen LogP contribution in [0.2, 0.25) is 0 Å². The van der Waals surface area contributed by atoms with Crippen molar-refractivity contribution in [2.75, 3.05) is 13.2 Å². The predicted molar refractivity (Wildman–Crippen MR) is 149 cm³/mol. The number of fused-ring (bicyclic) bond motifs is 7. The van der Waals surface area contributed by atoms with Gasteiger partial charge in [0.2, 0.25) is 0 Å². The van der Waals surface area contributed by atoms with Crippen LogP contribution in [0.3, 0.4) is 0 Å². The number of aliphatic hydroxyl groups is 6. The molecule has 0 radical (unpaired) electrons. The van der Waals surface area contributed by atoms with Crippen molar-refractivity contribution < 1.29 is 49.6 Å². The molecule has 0 aromatic carbocycles. The summed E-state index contributed by atoms with van der Waals surface area (Å²) in [6.45, 7) is 9.50. The predicted octanol–water partition coefficient (Wildman–Crippen LogP) is 1.31. The van der Waals surface area contributed by atoms with Gasteiger partial charge in [-0.15, -0.1) is 0 Å². The molecule has 7 fully saturated rings. The van der Waals surface area contributed by atoms with Gasteiger partial charge in [0.15, 0.2) is 12.1 Å². The first-order chi connectivity index (χ1) is 19.8. The standard InChI is InChI=1S/C32H52O10/c1-15-5-10-32(40-13-15)16(2)24-22(41-32)11-19-17-6-9-31(42-28-26(37)25(36)21(34)14-39-28)27(38)20(33)12-23(35)30(31,4)18(17)7-8-29(19,24)3/h15-28,33-38H,5-14H2,1-4H3/t15-,16-,17+,18-,19-,20-,21-,22-,23+,24-,25-,26+,27-,28-,29-,30-,31-,32+/m0/s1. The second-order valence-electron chi connectivity index (χ2n) is 15.7. The molecule has 42 heavy (non-hydrogen) atoms. The van der Waals surface area contributed by atoms with Gasteiger partial charge in [-0.1, -0.05) is 27.7 Å². The zero-order valence-corrected chi connectivity index (χ0v) is 25.5. The summed E-state index contributed by atoms with van der Waals surface area (Å²) >= 11 is 0. The fourth-order valence-corrected chi connectivity index (χ4v) is 11.7. The molecule has 4 saturated carbocycles. The van der Waals surface area contributed by atoms with Gasteiger partial charge in [0.25, 0.3) is 0 Å². The molecule has 4 aliphatic carbocycles. The topological polar surface area (TPSA) is 158 Å². The Hall–Kier alpha value is -0.400. The lowest BCUT2D eigenvalue weighted by Gasteiger charge is -2.68. The molecule has 10 heteroatoms. The van der Waals surface area contributed by atoms with Crippen molar-refractivity contribution in [3.8, 4) is 0 Å². The maximum atomic E-state index is 11.8. The summed E-state index contributed by atoms with van der Waals surface area (Å²) in [6, 6.07) is 0. The van der Waals surface area contributed by atoms with E-state index in [9.17, 15) is 30.6 Å². The Morgan fingerprint density at radius 2 is 1.55 bits per heavy atom. The van der Waals surface area contributed by atoms with Gasteiger partial charge in [-0.25, -0.2) is 0 Å². The van der Waals surface area contributed by atoms with Crippen LogP contribution in [0.15, 0.2) is 0 Å². The van der Waals surface area contributed by atoms with Crippen molar-refractivity contribution >= 4 is 0 Å². The molecule has 3 aliphatic heterocycles. The van der Waals surface area contributed by atoms with E-state index in [1.807, 2.05) is 6.92 Å². The molecular formula is C32H52O10. The van der Waals surface area contributed by atoms with Crippen LogP contribution in [0.25, 0.3) is 0 Å². The minimum absolute atomic E-state index is 0.00703. The van der Waals surface area contributed by atoms with E-state index in [0.717, 1.165) is 45.1 Å². The first-order valence-electron chi connectivity index (χ1n) is 16.5. The van der Waals surface area contributed by atoms with Crippen LogP contribution in [0.5, 0.6) is 0 Å². The smallest absolute Gasteiger partial charge is 0.187 e. The largest absolute Gasteiger partial charge is 0.392 e. The molecule has 10 nitrogen and oxygen atoms in total. The fraction of sp³-hybridized carbons (Fsp3) is 1.00. The molecule has 240 valence electrons. The summed E-state index contributed by atoms with van der Waals surface area (Å²) in [5.41, 5.74) is -2.27. The lowest BCUT2D eigenvalue weighted by Crippen LogP contribution is -2.75. The summed E-state index contributed by atoms with van der Waals surface area (Å²) in [5.74, 6) is 1.44. The average Bonchev–Trinajstić information content (AvgIpc) is 3.40. The third kappa shape index (κ3) is 3.86. The zero-order chi connectivity index (χ0) is 30.0. The molecule has 0 unspecified atom stereocenters. The number of aliphatic hydroxyl groups excluding tert-OH is 6. The average molecular weight is 597 g/mol. The van der Waals surface area contributed by atoms with E-state index in [0.29, 0.717) is 30.1 Å². The van der Waals surface area contributed by atoms with Crippen molar-refractivity contribution in [1.29, 1.82) is 0 Å². The molecule has 0 amide bonds. The number of rotatable bonds is 2. The lowest BCUT2D eigenvalue weighted by atomic mass is 9.41. The highest BCUT2D eigenvalue weighted by Crippen LogP contribution is 2.72. The first kappa shape index (κ1) is 30.3. The van der Waals surface area contributed by atoms with Crippen molar-refractivity contribution in [2.45, 2.75) is 139 Å². The Balaban J connectivity index is 1.19. The number of ether oxygens (including phenoxy) is 4. The number of hydrogen-bond donors (Lipinski definition) is 6. The summed E-state index contributed by atoms with van der Waals surface area (Å²) in [4.78, 5) is 0. The van der Waals surface area contributed by atoms with E-state index >= 15 is 0 Å². The summed E-state index contributed by atoms with van der Waals surface area (Å²) in [7, 11) is 0. The van der Waals surface area contributed by atoms with Crippen LogP contribution < -0.4 is 0 Å². The molecule has 18 atom stereocenters. The second kappa shape index (κ2) is 10.0. The van der Waals surface area contributed by atoms with E-state index in [-0.39, 0.29) is 36.4 Å². The molecule has 6 N–H and O–H groups in total. The zero-order valence-electron chi connectivity index (χ0n) is 25.5. The third-order valence-corrected chi connectivity index (χ3v) is 14.0. The SMILES string of the molecule is C[C@H]1CC[C@@]2(OC1)O[C@H]1C[C@H]3[C@@H]4CC[C@]5(O[C@@H]6OC[C@H](O)[C@H](O)[C@H]6O)[C@@H](O)[C@@H](O)C[C@@H](O)[C@]5(C)[C@H]4CC[C@]3(C)[C@H]1[C@@H]2C. The van der Waals surface area contributed by atoms with Gasteiger partial charge in [-0.3, -0.25) is 0 Å². The Kier molecular flexibility index (Phi) is 7.24. The van der Waals surface area contributed by atoms with Gasteiger partial charge >= 0.3 is 0 Å². The van der Waals surface area contributed by atoms with Crippen LogP contribution in [0.4, 0.5) is 0 Å². The highest BCUT2D eigenvalue weighted by atomic mass is 16.7. The van der Waals surface area contributed by atoms with E-state index < -0.39 is 59.7 Å². The summed E-state index contributed by atoms with van der Waals surface area (Å²) < 4.78 is 25.5. The second-order valence-corrected chi connectivity index (χ2v) is 15.7. The van der Waals surface area contributed by atoms with Gasteiger partial charge in [-0.05, 0) is 73.5 Å². The van der Waals surface area contributed by atoms with Crippen LogP contribution >= 0.6 is 0 Å². The van der Waals surface area contributed by atoms with Crippen LogP contribution in [0, 0.1) is 46.3 Å². The fourth-order valence-electron chi connectivity index (χ4n) is 11.7. The lowest BCUT2D eigenvalue weighted by molar-refractivity contribution is -0.379. The van der Waals surface area contributed by atoms with E-state index in [4.69, 9.17) is 18.9 Å². The molecule has 7 aliphatic rings. The quantitative estimate of drug-likeness (QED) is 0.257. The Bertz CT molecular complexity index is 1030. The molecule has 3 heterocycles. The van der Waals surface area contributed by atoms with Crippen molar-refractivity contribution in [3.63, 3.8) is 0 Å². The molecule has 0 aromatic rings. The van der Waals surface area contributed by atoms with Gasteiger partial charge in [0.05, 0.1) is 31.5 Å². The van der Waals surface area contributed by atoms with Crippen LogP contribution in [-0.4, -0.2) is 104 Å². The Morgan fingerprint density at radius 1 is 0.786 bits per heavy atom. The molecule has 0 bridgehead atoms. The third-order valence-electron chi connectivity index (χ3n) is 14.0. The van der Waals surface area contributed by atoms with Crippen molar-refractivity contribution in [2.24, 2.45) is 46.3 Å². The van der Waals surface area contributed by atoms with E-state index in [1.165, 1.54) is 0 Å². The maximum Gasteiger partial charge on any atom is 0.187 e. The van der Waals surface area contributed by atoms with E-state index in [2.05, 4.69) is 20.8 Å². The first-order valence-corrected chi connectivity index (χ1v) is 16.5. The monoisotopic (exact) mass is 596 g/mol. The Labute approximate surface area is 248 Å². The number of hydrogen-bond acceptors (Lipinski definition) is 10. The maximum absolute atomic E-state index is 11.8. The summed E-state index contributed by atoms with van der Waals surface area (Å²) in [6.07, 6.45) is -2.92. The van der Waals surface area contributed by atoms with Crippen molar-refractivity contribution in [1.82, 2.24) is 0 Å². The van der Waals surface area contributed by atoms with Crippen molar-refractivity contribution in [3.05, 3.63) is 0 Å². The molecule has 1 spiro atoms. The van der Waals surface area contributed by atoms with Crippen LogP contribution in [-0.2, 0) is 18.9 Å². The summed E-state index contributed by atoms with van der Waals surface area (Å²) in [5, 5.41) is 65.4. The van der Waals surface area contributed by atoms with Gasteiger partial charge < -0.3 is 49.6 Å². The van der Waals surface area contributed by atoms with Crippen LogP contribution in [0.1, 0.15) is 79.1 Å². The molecule has 7 rings (SSSR count). The van der Waals surface area contributed by atoms with E-state index in [1.54, 1.807) is 0 Å². The minimum Gasteiger partial charge on any atom is -0.392 e. The molecule has 3 saturated heterocycles. The van der Waals surface area contributed by atoms with Gasteiger partial charge in [0.1, 0.15) is 30.0 Å². The highest BCUT2D eigenvalue weighted by Gasteiger charge is 2.74. The minimum atomic E-state index is -1.53. The highest BCUT2D eigenvalue weighted by molar-refractivity contribution is 5.22. The van der Waals surface area contributed by atoms with Gasteiger partial charge in [-0.2, -0.15) is 0 Å². The molecule has 0 aromatic heterocycles. The van der Waals surface area contributed by atoms with Gasteiger partial charge in [0, 0.05) is 24.2 Å². The molecular weight excluding hydrogens is 544 g/mol. The Morgan fingerprint density at radius 3 is 2.26 bits per heavy atom. The normalized spacial score (nSPS) is 62.7.